The second-order valence-corrected chi connectivity index (χ2v) is 4.88. The lowest BCUT2D eigenvalue weighted by molar-refractivity contribution is 0.158. The summed E-state index contributed by atoms with van der Waals surface area (Å²) in [6.45, 7) is 8.32. The van der Waals surface area contributed by atoms with Crippen LogP contribution in [-0.4, -0.2) is 18.7 Å². The molecule has 3 heteroatoms. The fourth-order valence-electron chi connectivity index (χ4n) is 2.52. The summed E-state index contributed by atoms with van der Waals surface area (Å²) in [5.74, 6) is 0. The first-order chi connectivity index (χ1) is 9.60. The first-order valence-electron chi connectivity index (χ1n) is 7.00. The van der Waals surface area contributed by atoms with Crippen LogP contribution in [0.2, 0.25) is 0 Å². The topological polar surface area (TPSA) is 29.5 Å². The number of ether oxygens (including phenoxy) is 1. The third-order valence-corrected chi connectivity index (χ3v) is 3.70. The molecule has 0 radical (unpaired) electrons. The number of hydrogen-bond acceptors (Lipinski definition) is 2. The van der Waals surface area contributed by atoms with Crippen LogP contribution >= 0.6 is 0 Å². The summed E-state index contributed by atoms with van der Waals surface area (Å²) >= 11 is 0. The molecule has 106 valence electrons. The maximum Gasteiger partial charge on any atom is 0.414 e. The van der Waals surface area contributed by atoms with Gasteiger partial charge in [-0.15, -0.1) is 0 Å². The minimum absolute atomic E-state index is 0.0276. The molecule has 0 saturated heterocycles. The molecule has 20 heavy (non-hydrogen) atoms. The number of carbonyl (C=O) groups is 1. The number of benzene rings is 1. The molecule has 1 atom stereocenters. The Labute approximate surface area is 120 Å². The fourth-order valence-corrected chi connectivity index (χ4v) is 2.52. The predicted octanol–water partition coefficient (Wildman–Crippen LogP) is 4.40. The van der Waals surface area contributed by atoms with Crippen LogP contribution in [0.15, 0.2) is 41.5 Å². The van der Waals surface area contributed by atoms with Gasteiger partial charge >= 0.3 is 6.09 Å². The van der Waals surface area contributed by atoms with Gasteiger partial charge in [0, 0.05) is 0 Å². The van der Waals surface area contributed by atoms with Crippen molar-refractivity contribution in [1.29, 1.82) is 0 Å². The van der Waals surface area contributed by atoms with Gasteiger partial charge < -0.3 is 4.74 Å². The normalized spacial score (nSPS) is 18.4. The van der Waals surface area contributed by atoms with Crippen molar-refractivity contribution in [3.8, 4) is 0 Å². The molecule has 1 aliphatic heterocycles. The highest BCUT2D eigenvalue weighted by molar-refractivity contribution is 5.95. The average molecular weight is 271 g/mol. The van der Waals surface area contributed by atoms with E-state index in [9.17, 15) is 4.79 Å². The Kier molecular flexibility index (Phi) is 4.28. The lowest BCUT2D eigenvalue weighted by Gasteiger charge is -2.35. The van der Waals surface area contributed by atoms with Crippen LogP contribution in [0.1, 0.15) is 33.3 Å². The van der Waals surface area contributed by atoms with Crippen LogP contribution in [0.5, 0.6) is 0 Å². The smallest absolute Gasteiger partial charge is 0.414 e. The van der Waals surface area contributed by atoms with Gasteiger partial charge in [-0.3, -0.25) is 4.90 Å². The Morgan fingerprint density at radius 2 is 2.10 bits per heavy atom. The molecular formula is C17H21NO2. The van der Waals surface area contributed by atoms with E-state index < -0.39 is 0 Å². The molecule has 1 amide bonds. The van der Waals surface area contributed by atoms with Crippen molar-refractivity contribution >= 4 is 17.9 Å². The van der Waals surface area contributed by atoms with Crippen LogP contribution in [0.25, 0.3) is 6.08 Å². The monoisotopic (exact) mass is 271 g/mol. The van der Waals surface area contributed by atoms with E-state index in [4.69, 9.17) is 4.74 Å². The maximum absolute atomic E-state index is 12.3. The van der Waals surface area contributed by atoms with Gasteiger partial charge in [0.2, 0.25) is 0 Å². The van der Waals surface area contributed by atoms with Crippen molar-refractivity contribution in [2.24, 2.45) is 0 Å². The number of nitrogens with zero attached hydrogens (tertiary/aromatic N) is 1. The Morgan fingerprint density at radius 3 is 2.75 bits per heavy atom. The van der Waals surface area contributed by atoms with Gasteiger partial charge in [-0.2, -0.15) is 0 Å². The highest BCUT2D eigenvalue weighted by Crippen LogP contribution is 2.35. The van der Waals surface area contributed by atoms with Gasteiger partial charge in [0.25, 0.3) is 0 Å². The van der Waals surface area contributed by atoms with Crippen molar-refractivity contribution in [3.63, 3.8) is 0 Å². The van der Waals surface area contributed by atoms with Crippen LogP contribution in [-0.2, 0) is 4.74 Å². The summed E-state index contributed by atoms with van der Waals surface area (Å²) in [5, 5.41) is 0. The summed E-state index contributed by atoms with van der Waals surface area (Å²) in [7, 11) is 0. The van der Waals surface area contributed by atoms with Gasteiger partial charge in [-0.25, -0.2) is 4.79 Å². The molecule has 0 bridgehead atoms. The number of rotatable bonds is 2. The summed E-state index contributed by atoms with van der Waals surface area (Å²) in [6, 6.07) is 7.88. The largest absolute Gasteiger partial charge is 0.449 e. The van der Waals surface area contributed by atoms with Gasteiger partial charge in [-0.05, 0) is 51.0 Å². The predicted molar refractivity (Wildman–Crippen MR) is 82.8 cm³/mol. The Morgan fingerprint density at radius 1 is 1.40 bits per heavy atom. The molecule has 1 aliphatic rings. The molecule has 0 aliphatic carbocycles. The highest BCUT2D eigenvalue weighted by Gasteiger charge is 2.31. The van der Waals surface area contributed by atoms with Gasteiger partial charge in [0.05, 0.1) is 18.3 Å². The van der Waals surface area contributed by atoms with Gasteiger partial charge in [-0.1, -0.05) is 29.8 Å². The maximum atomic E-state index is 12.3. The second kappa shape index (κ2) is 5.95. The standard InChI is InChI=1S/C17H21NO2/c1-5-12(3)15-11-14-9-7-8-10-16(14)18(13(15)4)17(19)20-6-2/h5,7-11,13H,6H2,1-4H3/b12-5+. The van der Waals surface area contributed by atoms with Crippen LogP contribution in [0.3, 0.4) is 0 Å². The van der Waals surface area contributed by atoms with Crippen molar-refractivity contribution in [2.75, 3.05) is 11.5 Å². The number of para-hydroxylation sites is 1. The molecule has 0 saturated carbocycles. The lowest BCUT2D eigenvalue weighted by atomic mass is 9.92. The number of anilines is 1. The van der Waals surface area contributed by atoms with E-state index in [0.29, 0.717) is 6.61 Å². The molecule has 1 unspecified atom stereocenters. The van der Waals surface area contributed by atoms with E-state index in [1.54, 1.807) is 4.90 Å². The number of amides is 1. The van der Waals surface area contributed by atoms with Crippen LogP contribution in [0.4, 0.5) is 10.5 Å². The van der Waals surface area contributed by atoms with E-state index >= 15 is 0 Å². The summed E-state index contributed by atoms with van der Waals surface area (Å²) < 4.78 is 5.21. The Hall–Kier alpha value is -2.03. The first-order valence-corrected chi connectivity index (χ1v) is 7.00. The summed E-state index contributed by atoms with van der Waals surface area (Å²) in [5.41, 5.74) is 4.29. The third-order valence-electron chi connectivity index (χ3n) is 3.70. The average Bonchev–Trinajstić information content (AvgIpc) is 2.46. The molecule has 0 aromatic heterocycles. The Bertz CT molecular complexity index is 572. The molecular weight excluding hydrogens is 250 g/mol. The van der Waals surface area contributed by atoms with Crippen molar-refractivity contribution in [1.82, 2.24) is 0 Å². The summed E-state index contributed by atoms with van der Waals surface area (Å²) in [6.07, 6.45) is 3.94. The third kappa shape index (κ3) is 2.48. The molecule has 3 nitrogen and oxygen atoms in total. The highest BCUT2D eigenvalue weighted by atomic mass is 16.6. The minimum Gasteiger partial charge on any atom is -0.449 e. The minimum atomic E-state index is -0.290. The molecule has 2 rings (SSSR count). The van der Waals surface area contributed by atoms with Crippen molar-refractivity contribution in [2.45, 2.75) is 33.7 Å². The number of carbonyl (C=O) groups excluding carboxylic acids is 1. The van der Waals surface area contributed by atoms with E-state index in [1.165, 1.54) is 5.57 Å². The zero-order chi connectivity index (χ0) is 14.7. The summed E-state index contributed by atoms with van der Waals surface area (Å²) in [4.78, 5) is 14.0. The van der Waals surface area contributed by atoms with E-state index in [-0.39, 0.29) is 12.1 Å². The molecule has 1 aromatic rings. The second-order valence-electron chi connectivity index (χ2n) is 4.88. The number of allylic oxidation sites excluding steroid dienone is 1. The fraction of sp³-hybridized carbons (Fsp3) is 0.353. The number of fused-ring (bicyclic) bond motifs is 1. The molecule has 1 aromatic carbocycles. The quantitative estimate of drug-likeness (QED) is 0.797. The molecule has 0 fully saturated rings. The van der Waals surface area contributed by atoms with E-state index in [2.05, 4.69) is 19.1 Å². The first kappa shape index (κ1) is 14.4. The van der Waals surface area contributed by atoms with Crippen molar-refractivity contribution in [3.05, 3.63) is 47.1 Å². The van der Waals surface area contributed by atoms with Crippen LogP contribution in [0, 0.1) is 0 Å². The van der Waals surface area contributed by atoms with E-state index in [1.807, 2.05) is 45.0 Å². The molecule has 1 heterocycles. The zero-order valence-electron chi connectivity index (χ0n) is 12.5. The Balaban J connectivity index is 2.53. The number of hydrogen-bond donors (Lipinski definition) is 0. The van der Waals surface area contributed by atoms with Gasteiger partial charge in [0.15, 0.2) is 0 Å². The van der Waals surface area contributed by atoms with Crippen LogP contribution < -0.4 is 4.90 Å². The van der Waals surface area contributed by atoms with Crippen molar-refractivity contribution < 1.29 is 9.53 Å². The zero-order valence-corrected chi connectivity index (χ0v) is 12.5. The van der Waals surface area contributed by atoms with Gasteiger partial charge in [0.1, 0.15) is 0 Å². The lowest BCUT2D eigenvalue weighted by Crippen LogP contribution is -2.42. The SMILES string of the molecule is C/C=C(\C)C1=Cc2ccccc2N(C(=O)OCC)C1C. The molecule has 0 N–H and O–H groups in total. The molecule has 0 spiro atoms. The van der Waals surface area contributed by atoms with E-state index in [0.717, 1.165) is 16.8 Å².